The molecule has 31 heavy (non-hydrogen) atoms. The van der Waals surface area contributed by atoms with E-state index in [0.717, 1.165) is 17.0 Å². The molecular weight excluding hydrogens is 414 g/mol. The third kappa shape index (κ3) is 3.71. The van der Waals surface area contributed by atoms with Crippen LogP contribution in [0.2, 0.25) is 0 Å². The van der Waals surface area contributed by atoms with Gasteiger partial charge in [-0.3, -0.25) is 9.36 Å². The second-order valence-corrected chi connectivity index (χ2v) is 8.29. The van der Waals surface area contributed by atoms with Gasteiger partial charge in [0.25, 0.3) is 0 Å². The van der Waals surface area contributed by atoms with Crippen molar-refractivity contribution in [1.29, 1.82) is 0 Å². The van der Waals surface area contributed by atoms with Gasteiger partial charge in [0.1, 0.15) is 18.5 Å². The van der Waals surface area contributed by atoms with Gasteiger partial charge in [0, 0.05) is 12.1 Å². The lowest BCUT2D eigenvalue weighted by Gasteiger charge is -2.26. The van der Waals surface area contributed by atoms with E-state index in [1.807, 2.05) is 53.1 Å². The number of benzene rings is 2. The van der Waals surface area contributed by atoms with Gasteiger partial charge < -0.3 is 14.2 Å². The lowest BCUT2D eigenvalue weighted by Crippen LogP contribution is -2.37. The minimum absolute atomic E-state index is 0.0807. The number of ether oxygens (including phenoxy) is 3. The van der Waals surface area contributed by atoms with Crippen molar-refractivity contribution in [3.8, 4) is 11.4 Å². The van der Waals surface area contributed by atoms with E-state index in [4.69, 9.17) is 31.5 Å². The Balaban J connectivity index is 1.52. The number of carbonyl (C=O) groups excluding carboxylic acids is 1. The van der Waals surface area contributed by atoms with Crippen molar-refractivity contribution < 1.29 is 19.0 Å². The summed E-state index contributed by atoms with van der Waals surface area (Å²) in [4.78, 5) is 12.3. The summed E-state index contributed by atoms with van der Waals surface area (Å²) in [6, 6.07) is 15.5. The molecular formula is C23H23N3O4S. The van der Waals surface area contributed by atoms with Gasteiger partial charge in [0.05, 0.1) is 12.6 Å². The Morgan fingerprint density at radius 3 is 2.74 bits per heavy atom. The van der Waals surface area contributed by atoms with Gasteiger partial charge in [-0.25, -0.2) is 4.68 Å². The molecule has 5 rings (SSSR count). The quantitative estimate of drug-likeness (QED) is 0.565. The number of fused-ring (bicyclic) bond motifs is 2. The Labute approximate surface area is 185 Å². The predicted molar refractivity (Wildman–Crippen MR) is 116 cm³/mol. The fourth-order valence-electron chi connectivity index (χ4n) is 3.99. The first-order valence-electron chi connectivity index (χ1n) is 10.3. The molecule has 2 fully saturated rings. The van der Waals surface area contributed by atoms with E-state index in [1.54, 1.807) is 4.68 Å². The van der Waals surface area contributed by atoms with Crippen molar-refractivity contribution in [2.75, 3.05) is 6.61 Å². The largest absolute Gasteiger partial charge is 0.486 e. The average molecular weight is 438 g/mol. The minimum atomic E-state index is -0.751. The lowest BCUT2D eigenvalue weighted by atomic mass is 10.0. The molecule has 0 N–H and O–H groups in total. The molecule has 0 unspecified atom stereocenters. The molecule has 0 aliphatic carbocycles. The zero-order valence-electron chi connectivity index (χ0n) is 17.4. The number of aromatic nitrogens is 3. The Morgan fingerprint density at radius 2 is 1.97 bits per heavy atom. The number of aryl methyl sites for hydroxylation is 2. The van der Waals surface area contributed by atoms with Crippen LogP contribution < -0.4 is 4.74 Å². The fraction of sp³-hybridized carbons (Fsp3) is 0.348. The zero-order chi connectivity index (χ0) is 21.5. The maximum Gasteiger partial charge on any atom is 0.218 e. The summed E-state index contributed by atoms with van der Waals surface area (Å²) in [5.41, 5.74) is 3.26. The molecule has 2 aliphatic heterocycles. The van der Waals surface area contributed by atoms with Crippen molar-refractivity contribution in [2.24, 2.45) is 0 Å². The van der Waals surface area contributed by atoms with Crippen LogP contribution in [0.1, 0.15) is 29.4 Å². The summed E-state index contributed by atoms with van der Waals surface area (Å²) in [7, 11) is 0. The van der Waals surface area contributed by atoms with Gasteiger partial charge in [-0.1, -0.05) is 24.3 Å². The molecule has 0 amide bonds. The molecule has 2 aliphatic rings. The standard InChI is InChI=1S/C23H23N3O4S/c1-14-8-9-17(10-15(14)2)28-13-21-24-26(18-11-19(27)22-29-12-20(18)30-22)23(31)25(21)16-6-4-3-5-7-16/h3-10,18,20,22H,11-13H2,1-2H3/t18-,20+,22+/m0/s1. The van der Waals surface area contributed by atoms with E-state index in [2.05, 4.69) is 13.8 Å². The predicted octanol–water partition coefficient (Wildman–Crippen LogP) is 3.85. The first kappa shape index (κ1) is 20.1. The van der Waals surface area contributed by atoms with E-state index >= 15 is 0 Å². The average Bonchev–Trinajstić information content (AvgIpc) is 3.35. The molecule has 2 bridgehead atoms. The second kappa shape index (κ2) is 8.03. The highest BCUT2D eigenvalue weighted by molar-refractivity contribution is 7.71. The molecule has 0 saturated carbocycles. The molecule has 0 radical (unpaired) electrons. The summed E-state index contributed by atoms with van der Waals surface area (Å²) in [6.45, 7) is 4.72. The fourth-order valence-corrected chi connectivity index (χ4v) is 4.38. The summed E-state index contributed by atoms with van der Waals surface area (Å²) in [5.74, 6) is 1.34. The molecule has 3 atom stereocenters. The first-order valence-corrected chi connectivity index (χ1v) is 10.7. The van der Waals surface area contributed by atoms with Crippen molar-refractivity contribution in [3.05, 3.63) is 70.3 Å². The SMILES string of the molecule is Cc1ccc(OCc2nn([C@H]3CC(=O)[C@@H]4OC[C@H]3O4)c(=S)n2-c2ccccc2)cc1C. The smallest absolute Gasteiger partial charge is 0.218 e. The lowest BCUT2D eigenvalue weighted by molar-refractivity contribution is -0.156. The molecule has 3 aromatic rings. The number of nitrogens with zero attached hydrogens (tertiary/aromatic N) is 3. The monoisotopic (exact) mass is 437 g/mol. The number of ketones is 1. The zero-order valence-corrected chi connectivity index (χ0v) is 18.2. The van der Waals surface area contributed by atoms with E-state index in [9.17, 15) is 4.79 Å². The number of carbonyl (C=O) groups is 1. The van der Waals surface area contributed by atoms with Crippen molar-refractivity contribution >= 4 is 18.0 Å². The topological polar surface area (TPSA) is 67.5 Å². The van der Waals surface area contributed by atoms with Gasteiger partial charge in [-0.2, -0.15) is 5.10 Å². The van der Waals surface area contributed by atoms with Crippen LogP contribution in [0.3, 0.4) is 0 Å². The molecule has 2 aromatic carbocycles. The van der Waals surface area contributed by atoms with E-state index < -0.39 is 6.29 Å². The molecule has 160 valence electrons. The van der Waals surface area contributed by atoms with Crippen LogP contribution in [0, 0.1) is 18.6 Å². The highest BCUT2D eigenvalue weighted by atomic mass is 32.1. The normalized spacial score (nSPS) is 22.6. The van der Waals surface area contributed by atoms with Gasteiger partial charge >= 0.3 is 0 Å². The highest BCUT2D eigenvalue weighted by Gasteiger charge is 2.45. The Kier molecular flexibility index (Phi) is 5.21. The summed E-state index contributed by atoms with van der Waals surface area (Å²) in [6.07, 6.45) is -0.714. The Bertz CT molecular complexity index is 1190. The molecule has 8 heteroatoms. The Morgan fingerprint density at radius 1 is 1.16 bits per heavy atom. The second-order valence-electron chi connectivity index (χ2n) is 7.93. The summed E-state index contributed by atoms with van der Waals surface area (Å²) in [5, 5.41) is 4.78. The maximum atomic E-state index is 12.3. The van der Waals surface area contributed by atoms with Crippen LogP contribution in [-0.2, 0) is 20.9 Å². The Hall–Kier alpha value is -2.81. The third-order valence-electron chi connectivity index (χ3n) is 5.86. The molecule has 7 nitrogen and oxygen atoms in total. The number of para-hydroxylation sites is 1. The van der Waals surface area contributed by atoms with Crippen LogP contribution in [-0.4, -0.2) is 39.1 Å². The third-order valence-corrected chi connectivity index (χ3v) is 6.23. The van der Waals surface area contributed by atoms with Crippen molar-refractivity contribution in [3.63, 3.8) is 0 Å². The number of hydrogen-bond donors (Lipinski definition) is 0. The highest BCUT2D eigenvalue weighted by Crippen LogP contribution is 2.33. The van der Waals surface area contributed by atoms with Gasteiger partial charge in [-0.05, 0) is 61.5 Å². The van der Waals surface area contributed by atoms with Crippen LogP contribution >= 0.6 is 12.2 Å². The summed E-state index contributed by atoms with van der Waals surface area (Å²) < 4.78 is 21.3. The van der Waals surface area contributed by atoms with Crippen molar-refractivity contribution in [2.45, 2.75) is 45.3 Å². The maximum absolute atomic E-state index is 12.3. The molecule has 3 heterocycles. The van der Waals surface area contributed by atoms with Crippen LogP contribution in [0.5, 0.6) is 5.75 Å². The van der Waals surface area contributed by atoms with Crippen LogP contribution in [0.15, 0.2) is 48.5 Å². The van der Waals surface area contributed by atoms with Crippen molar-refractivity contribution in [1.82, 2.24) is 14.3 Å². The van der Waals surface area contributed by atoms with E-state index in [-0.39, 0.29) is 31.0 Å². The van der Waals surface area contributed by atoms with Gasteiger partial charge in [-0.15, -0.1) is 0 Å². The molecule has 2 saturated heterocycles. The number of hydrogen-bond acceptors (Lipinski definition) is 6. The van der Waals surface area contributed by atoms with Crippen LogP contribution in [0.25, 0.3) is 5.69 Å². The van der Waals surface area contributed by atoms with E-state index in [1.165, 1.54) is 5.56 Å². The van der Waals surface area contributed by atoms with E-state index in [0.29, 0.717) is 17.2 Å². The van der Waals surface area contributed by atoms with Crippen LogP contribution in [0.4, 0.5) is 0 Å². The first-order chi connectivity index (χ1) is 15.0. The number of rotatable bonds is 5. The minimum Gasteiger partial charge on any atom is -0.486 e. The summed E-state index contributed by atoms with van der Waals surface area (Å²) >= 11 is 5.80. The van der Waals surface area contributed by atoms with Gasteiger partial charge in [0.15, 0.2) is 11.6 Å². The molecule has 1 aromatic heterocycles. The van der Waals surface area contributed by atoms with Gasteiger partial charge in [0.2, 0.25) is 11.1 Å². The number of Topliss-reactive ketones (excluding diaryl/α,β-unsaturated/α-hetero) is 1. The molecule has 0 spiro atoms.